The molecule has 0 aliphatic rings. The van der Waals surface area contributed by atoms with E-state index in [1.807, 2.05) is 0 Å². The van der Waals surface area contributed by atoms with Crippen LogP contribution in [0.1, 0.15) is 5.56 Å². The summed E-state index contributed by atoms with van der Waals surface area (Å²) in [6.07, 6.45) is 0. The minimum absolute atomic E-state index is 0.00202. The molecule has 0 fully saturated rings. The Labute approximate surface area is 227 Å². The zero-order valence-electron chi connectivity index (χ0n) is 20.2. The molecule has 0 bridgehead atoms. The van der Waals surface area contributed by atoms with Gasteiger partial charge in [-0.25, -0.2) is 16.8 Å². The third-order valence-corrected chi connectivity index (χ3v) is 8.94. The van der Waals surface area contributed by atoms with E-state index in [0.717, 1.165) is 4.31 Å². The van der Waals surface area contributed by atoms with Crippen molar-refractivity contribution in [3.05, 3.63) is 114 Å². The van der Waals surface area contributed by atoms with Crippen LogP contribution in [0.3, 0.4) is 0 Å². The second-order valence-corrected chi connectivity index (χ2v) is 12.3. The molecule has 38 heavy (non-hydrogen) atoms. The fraction of sp³-hybridized carbons (Fsp3) is 0.0741. The van der Waals surface area contributed by atoms with Gasteiger partial charge in [0.05, 0.1) is 15.5 Å². The van der Waals surface area contributed by atoms with E-state index in [0.29, 0.717) is 22.0 Å². The number of rotatable bonds is 9. The largest absolute Gasteiger partial charge is 0.325 e. The quantitative estimate of drug-likeness (QED) is 0.285. The highest BCUT2D eigenvalue weighted by atomic mass is 35.5. The Morgan fingerprint density at radius 1 is 0.763 bits per heavy atom. The molecule has 0 atom stereocenters. The molecular formula is C27H24ClN3O5S2. The number of aryl methyl sites for hydroxylation is 1. The lowest BCUT2D eigenvalue weighted by Gasteiger charge is -2.26. The molecule has 4 rings (SSSR count). The lowest BCUT2D eigenvalue weighted by molar-refractivity contribution is -0.114. The van der Waals surface area contributed by atoms with Crippen LogP contribution in [0.5, 0.6) is 0 Å². The monoisotopic (exact) mass is 569 g/mol. The molecule has 4 aromatic carbocycles. The lowest BCUT2D eigenvalue weighted by Crippen LogP contribution is -2.38. The molecule has 0 aromatic heterocycles. The van der Waals surface area contributed by atoms with E-state index in [2.05, 4.69) is 10.0 Å². The highest BCUT2D eigenvalue weighted by Crippen LogP contribution is 2.29. The number of carbonyl (C=O) groups is 1. The Hall–Kier alpha value is -3.86. The summed E-state index contributed by atoms with van der Waals surface area (Å²) in [6.45, 7) is 1.19. The van der Waals surface area contributed by atoms with E-state index in [4.69, 9.17) is 11.6 Å². The van der Waals surface area contributed by atoms with Crippen molar-refractivity contribution >= 4 is 54.6 Å². The Morgan fingerprint density at radius 2 is 1.37 bits per heavy atom. The summed E-state index contributed by atoms with van der Waals surface area (Å²) in [4.78, 5) is 13.0. The van der Waals surface area contributed by atoms with Gasteiger partial charge >= 0.3 is 0 Å². The highest BCUT2D eigenvalue weighted by molar-refractivity contribution is 7.93. The summed E-state index contributed by atoms with van der Waals surface area (Å²) < 4.78 is 55.8. The molecule has 4 aromatic rings. The van der Waals surface area contributed by atoms with Crippen molar-refractivity contribution in [3.63, 3.8) is 0 Å². The van der Waals surface area contributed by atoms with Crippen LogP contribution >= 0.6 is 11.6 Å². The predicted octanol–water partition coefficient (Wildman–Crippen LogP) is 5.28. The fourth-order valence-corrected chi connectivity index (χ4v) is 6.36. The molecule has 0 heterocycles. The molecule has 1 amide bonds. The number of nitrogens with zero attached hydrogens (tertiary/aromatic N) is 1. The van der Waals surface area contributed by atoms with Gasteiger partial charge in [0.25, 0.3) is 20.0 Å². The van der Waals surface area contributed by atoms with Gasteiger partial charge in [-0.3, -0.25) is 13.8 Å². The van der Waals surface area contributed by atoms with E-state index in [-0.39, 0.29) is 15.5 Å². The maximum atomic E-state index is 13.5. The smallest absolute Gasteiger partial charge is 0.264 e. The average Bonchev–Trinajstić information content (AvgIpc) is 2.90. The molecular weight excluding hydrogens is 546 g/mol. The number of nitrogens with one attached hydrogen (secondary N) is 2. The number of hydrogen-bond donors (Lipinski definition) is 2. The minimum atomic E-state index is -4.11. The van der Waals surface area contributed by atoms with E-state index < -0.39 is 32.5 Å². The van der Waals surface area contributed by atoms with Crippen molar-refractivity contribution in [1.29, 1.82) is 0 Å². The summed E-state index contributed by atoms with van der Waals surface area (Å²) in [5, 5.41) is 2.95. The van der Waals surface area contributed by atoms with Gasteiger partial charge < -0.3 is 5.32 Å². The van der Waals surface area contributed by atoms with Gasteiger partial charge in [-0.1, -0.05) is 54.1 Å². The van der Waals surface area contributed by atoms with Crippen molar-refractivity contribution < 1.29 is 21.6 Å². The summed E-state index contributed by atoms with van der Waals surface area (Å²) >= 11 is 6.15. The first-order valence-corrected chi connectivity index (χ1v) is 14.7. The van der Waals surface area contributed by atoms with Gasteiger partial charge in [0.15, 0.2) is 0 Å². The number of anilines is 3. The van der Waals surface area contributed by atoms with Crippen molar-refractivity contribution in [2.75, 3.05) is 20.9 Å². The van der Waals surface area contributed by atoms with Gasteiger partial charge in [0.1, 0.15) is 6.54 Å². The van der Waals surface area contributed by atoms with Crippen LogP contribution in [-0.2, 0) is 24.8 Å². The van der Waals surface area contributed by atoms with Crippen LogP contribution in [0.2, 0.25) is 5.02 Å². The molecule has 2 N–H and O–H groups in total. The molecule has 8 nitrogen and oxygen atoms in total. The zero-order chi connectivity index (χ0) is 27.3. The molecule has 0 saturated heterocycles. The number of halogens is 1. The molecule has 0 spiro atoms. The normalized spacial score (nSPS) is 11.5. The van der Waals surface area contributed by atoms with Crippen LogP contribution in [-0.4, -0.2) is 29.3 Å². The first kappa shape index (κ1) is 27.2. The minimum Gasteiger partial charge on any atom is -0.325 e. The highest BCUT2D eigenvalue weighted by Gasteiger charge is 2.28. The van der Waals surface area contributed by atoms with Gasteiger partial charge in [-0.2, -0.15) is 0 Å². The predicted molar refractivity (Wildman–Crippen MR) is 149 cm³/mol. The number of benzene rings is 4. The van der Waals surface area contributed by atoms with Crippen molar-refractivity contribution in [2.24, 2.45) is 0 Å². The van der Waals surface area contributed by atoms with E-state index >= 15 is 0 Å². The van der Waals surface area contributed by atoms with Crippen molar-refractivity contribution in [1.82, 2.24) is 0 Å². The van der Waals surface area contributed by atoms with Crippen LogP contribution in [0.25, 0.3) is 0 Å². The fourth-order valence-electron chi connectivity index (χ4n) is 3.64. The first-order chi connectivity index (χ1) is 18.1. The number of amides is 1. The van der Waals surface area contributed by atoms with E-state index in [1.165, 1.54) is 42.5 Å². The molecule has 0 radical (unpaired) electrons. The van der Waals surface area contributed by atoms with Gasteiger partial charge in [0, 0.05) is 16.4 Å². The van der Waals surface area contributed by atoms with Gasteiger partial charge in [0.2, 0.25) is 5.91 Å². The number of sulfonamides is 2. The Morgan fingerprint density at radius 3 is 2.00 bits per heavy atom. The molecule has 0 aliphatic heterocycles. The van der Waals surface area contributed by atoms with E-state index in [1.54, 1.807) is 67.6 Å². The maximum absolute atomic E-state index is 13.5. The first-order valence-electron chi connectivity index (χ1n) is 11.4. The molecule has 0 unspecified atom stereocenters. The summed E-state index contributed by atoms with van der Waals surface area (Å²) in [7, 11) is -7.95. The Balaban J connectivity index is 1.56. The third-order valence-electron chi connectivity index (χ3n) is 5.53. The van der Waals surface area contributed by atoms with Gasteiger partial charge in [-0.05, 0) is 73.2 Å². The third kappa shape index (κ3) is 6.34. The Kier molecular flexibility index (Phi) is 8.05. The number of para-hydroxylation sites is 1. The topological polar surface area (TPSA) is 113 Å². The Bertz CT molecular complexity index is 1650. The molecule has 0 saturated carbocycles. The summed E-state index contributed by atoms with van der Waals surface area (Å²) in [6, 6.07) is 26.6. The maximum Gasteiger partial charge on any atom is 0.264 e. The second kappa shape index (κ2) is 11.3. The number of hydrogen-bond acceptors (Lipinski definition) is 5. The average molecular weight is 570 g/mol. The van der Waals surface area contributed by atoms with Crippen molar-refractivity contribution in [3.8, 4) is 0 Å². The lowest BCUT2D eigenvalue weighted by atomic mass is 10.2. The van der Waals surface area contributed by atoms with Crippen LogP contribution in [0.4, 0.5) is 17.1 Å². The van der Waals surface area contributed by atoms with Crippen LogP contribution in [0, 0.1) is 6.92 Å². The molecule has 196 valence electrons. The van der Waals surface area contributed by atoms with Gasteiger partial charge in [-0.15, -0.1) is 0 Å². The zero-order valence-corrected chi connectivity index (χ0v) is 22.6. The van der Waals surface area contributed by atoms with Crippen molar-refractivity contribution in [2.45, 2.75) is 16.7 Å². The SMILES string of the molecule is Cc1ccc(Cl)cc1N(CC(=O)Nc1ccc(S(=O)(=O)Nc2ccccc2)cc1)S(=O)(=O)c1ccccc1. The molecule has 0 aliphatic carbocycles. The van der Waals surface area contributed by atoms with Crippen LogP contribution < -0.4 is 14.3 Å². The number of carbonyl (C=O) groups excluding carboxylic acids is 1. The second-order valence-electron chi connectivity index (χ2n) is 8.30. The summed E-state index contributed by atoms with van der Waals surface area (Å²) in [5.41, 5.74) is 1.60. The molecule has 11 heteroatoms. The summed E-state index contributed by atoms with van der Waals surface area (Å²) in [5.74, 6) is -0.623. The van der Waals surface area contributed by atoms with Crippen LogP contribution in [0.15, 0.2) is 113 Å². The standard InChI is InChI=1S/C27H24ClN3O5S2/c1-20-12-13-21(28)18-26(20)31(38(35,36)25-10-6-3-7-11-25)19-27(32)29-22-14-16-24(17-15-22)37(33,34)30-23-8-4-2-5-9-23/h2-18,30H,19H2,1H3,(H,29,32). The van der Waals surface area contributed by atoms with E-state index in [9.17, 15) is 21.6 Å².